The average molecular weight is 266 g/mol. The summed E-state index contributed by atoms with van der Waals surface area (Å²) in [5, 5.41) is 3.80. The zero-order valence-electron chi connectivity index (χ0n) is 13.4. The topological polar surface area (TPSA) is 15.3 Å². The highest BCUT2D eigenvalue weighted by Gasteiger charge is 2.37. The van der Waals surface area contributed by atoms with Crippen LogP contribution in [0.1, 0.15) is 71.6 Å². The Balaban J connectivity index is 1.61. The van der Waals surface area contributed by atoms with Crippen LogP contribution in [-0.4, -0.2) is 37.1 Å². The van der Waals surface area contributed by atoms with Crippen LogP contribution in [0, 0.1) is 5.41 Å². The zero-order valence-corrected chi connectivity index (χ0v) is 13.4. The molecule has 0 aromatic rings. The highest BCUT2D eigenvalue weighted by Crippen LogP contribution is 2.48. The third-order valence-corrected chi connectivity index (χ3v) is 5.95. The van der Waals surface area contributed by atoms with E-state index in [1.165, 1.54) is 70.9 Å². The van der Waals surface area contributed by atoms with E-state index in [2.05, 4.69) is 31.1 Å². The molecule has 2 heteroatoms. The number of hydrogen-bond donors (Lipinski definition) is 1. The Labute approximate surface area is 120 Å². The van der Waals surface area contributed by atoms with E-state index in [4.69, 9.17) is 0 Å². The van der Waals surface area contributed by atoms with Gasteiger partial charge < -0.3 is 10.2 Å². The molecule has 0 aliphatic heterocycles. The summed E-state index contributed by atoms with van der Waals surface area (Å²) in [4.78, 5) is 2.48. The van der Waals surface area contributed by atoms with Crippen LogP contribution in [0.5, 0.6) is 0 Å². The van der Waals surface area contributed by atoms with Crippen molar-refractivity contribution in [2.75, 3.05) is 20.1 Å². The Morgan fingerprint density at radius 2 is 1.79 bits per heavy atom. The predicted molar refractivity (Wildman–Crippen MR) is 83.5 cm³/mol. The van der Waals surface area contributed by atoms with Gasteiger partial charge in [-0.3, -0.25) is 0 Å². The molecule has 0 heterocycles. The molecule has 2 aliphatic rings. The first-order valence-electron chi connectivity index (χ1n) is 8.59. The van der Waals surface area contributed by atoms with Crippen molar-refractivity contribution in [3.8, 4) is 0 Å². The van der Waals surface area contributed by atoms with Crippen molar-refractivity contribution in [3.63, 3.8) is 0 Å². The molecule has 0 aromatic heterocycles. The molecule has 2 aliphatic carbocycles. The van der Waals surface area contributed by atoms with Crippen molar-refractivity contribution in [2.45, 2.75) is 83.7 Å². The second-order valence-electron chi connectivity index (χ2n) is 7.17. The molecule has 0 radical (unpaired) electrons. The highest BCUT2D eigenvalue weighted by atomic mass is 15.1. The Hall–Kier alpha value is -0.0800. The van der Waals surface area contributed by atoms with Gasteiger partial charge in [0, 0.05) is 25.2 Å². The minimum atomic E-state index is 0.718. The van der Waals surface area contributed by atoms with E-state index in [1.54, 1.807) is 0 Å². The molecule has 2 saturated carbocycles. The van der Waals surface area contributed by atoms with Gasteiger partial charge in [0.1, 0.15) is 0 Å². The van der Waals surface area contributed by atoms with Crippen LogP contribution in [0.15, 0.2) is 0 Å². The average Bonchev–Trinajstić information content (AvgIpc) is 2.88. The van der Waals surface area contributed by atoms with Gasteiger partial charge in [-0.15, -0.1) is 0 Å². The van der Waals surface area contributed by atoms with Gasteiger partial charge in [-0.25, -0.2) is 0 Å². The minimum absolute atomic E-state index is 0.718. The van der Waals surface area contributed by atoms with Gasteiger partial charge in [0.2, 0.25) is 0 Å². The second-order valence-corrected chi connectivity index (χ2v) is 7.17. The van der Waals surface area contributed by atoms with E-state index < -0.39 is 0 Å². The van der Waals surface area contributed by atoms with Crippen LogP contribution >= 0.6 is 0 Å². The molecule has 2 rings (SSSR count). The van der Waals surface area contributed by atoms with Crippen molar-refractivity contribution in [1.29, 1.82) is 0 Å². The van der Waals surface area contributed by atoms with Crippen LogP contribution in [0.3, 0.4) is 0 Å². The highest BCUT2D eigenvalue weighted by molar-refractivity contribution is 4.91. The monoisotopic (exact) mass is 266 g/mol. The van der Waals surface area contributed by atoms with Crippen LogP contribution in [0.2, 0.25) is 0 Å². The molecule has 0 amide bonds. The molecule has 1 spiro atoms. The predicted octanol–water partition coefficient (Wildman–Crippen LogP) is 3.81. The standard InChI is InChI=1S/C17H34N2/c1-4-15(2)19(3)14-13-18-16-7-11-17(12-8-16)9-5-6-10-17/h15-16,18H,4-14H2,1-3H3. The van der Waals surface area contributed by atoms with Gasteiger partial charge in [0.15, 0.2) is 0 Å². The van der Waals surface area contributed by atoms with Gasteiger partial charge in [0.05, 0.1) is 0 Å². The molecular formula is C17H34N2. The molecule has 1 atom stereocenters. The van der Waals surface area contributed by atoms with E-state index in [0.29, 0.717) is 0 Å². The van der Waals surface area contributed by atoms with Gasteiger partial charge in [0.25, 0.3) is 0 Å². The van der Waals surface area contributed by atoms with E-state index in [1.807, 2.05) is 0 Å². The summed E-state index contributed by atoms with van der Waals surface area (Å²) in [5.41, 5.74) is 0.783. The van der Waals surface area contributed by atoms with Crippen LogP contribution in [0.25, 0.3) is 0 Å². The van der Waals surface area contributed by atoms with E-state index in [0.717, 1.165) is 17.5 Å². The second kappa shape index (κ2) is 7.08. The molecule has 112 valence electrons. The molecule has 2 nitrogen and oxygen atoms in total. The molecule has 1 N–H and O–H groups in total. The number of hydrogen-bond acceptors (Lipinski definition) is 2. The van der Waals surface area contributed by atoms with Crippen molar-refractivity contribution >= 4 is 0 Å². The lowest BCUT2D eigenvalue weighted by Gasteiger charge is -2.38. The fraction of sp³-hybridized carbons (Fsp3) is 1.00. The molecular weight excluding hydrogens is 232 g/mol. The first-order valence-corrected chi connectivity index (χ1v) is 8.59. The lowest BCUT2D eigenvalue weighted by atomic mass is 9.71. The number of nitrogens with zero attached hydrogens (tertiary/aromatic N) is 1. The summed E-state index contributed by atoms with van der Waals surface area (Å²) in [6, 6.07) is 1.52. The van der Waals surface area contributed by atoms with Crippen molar-refractivity contribution in [2.24, 2.45) is 5.41 Å². The van der Waals surface area contributed by atoms with E-state index >= 15 is 0 Å². The van der Waals surface area contributed by atoms with Gasteiger partial charge in [-0.2, -0.15) is 0 Å². The van der Waals surface area contributed by atoms with Crippen LogP contribution < -0.4 is 5.32 Å². The first-order chi connectivity index (χ1) is 9.15. The molecule has 0 bridgehead atoms. The van der Waals surface area contributed by atoms with Gasteiger partial charge in [-0.05, 0) is 64.3 Å². The zero-order chi connectivity index (χ0) is 13.7. The summed E-state index contributed by atoms with van der Waals surface area (Å²) in [5.74, 6) is 0. The number of rotatable bonds is 6. The summed E-state index contributed by atoms with van der Waals surface area (Å²) >= 11 is 0. The Morgan fingerprint density at radius 3 is 2.37 bits per heavy atom. The SMILES string of the molecule is CCC(C)N(C)CCNC1CCC2(CCCC2)CC1. The Morgan fingerprint density at radius 1 is 1.16 bits per heavy atom. The molecule has 19 heavy (non-hydrogen) atoms. The third-order valence-electron chi connectivity index (χ3n) is 5.95. The minimum Gasteiger partial charge on any atom is -0.313 e. The first kappa shape index (κ1) is 15.3. The largest absolute Gasteiger partial charge is 0.313 e. The van der Waals surface area contributed by atoms with Crippen molar-refractivity contribution < 1.29 is 0 Å². The van der Waals surface area contributed by atoms with Crippen molar-refractivity contribution in [1.82, 2.24) is 10.2 Å². The lowest BCUT2D eigenvalue weighted by Crippen LogP contribution is -2.41. The van der Waals surface area contributed by atoms with Crippen LogP contribution in [-0.2, 0) is 0 Å². The van der Waals surface area contributed by atoms with Gasteiger partial charge in [-0.1, -0.05) is 19.8 Å². The normalized spacial score (nSPS) is 25.3. The Bertz CT molecular complexity index is 248. The lowest BCUT2D eigenvalue weighted by molar-refractivity contribution is 0.164. The van der Waals surface area contributed by atoms with Crippen LogP contribution in [0.4, 0.5) is 0 Å². The van der Waals surface area contributed by atoms with Crippen molar-refractivity contribution in [3.05, 3.63) is 0 Å². The number of likely N-dealkylation sites (N-methyl/N-ethyl adjacent to an activating group) is 1. The summed E-state index contributed by atoms with van der Waals surface area (Å²) in [6.45, 7) is 6.95. The fourth-order valence-corrected chi connectivity index (χ4v) is 4.04. The smallest absolute Gasteiger partial charge is 0.0107 e. The maximum absolute atomic E-state index is 3.80. The number of nitrogens with one attached hydrogen (secondary N) is 1. The molecule has 1 unspecified atom stereocenters. The third kappa shape index (κ3) is 4.19. The Kier molecular flexibility index (Phi) is 5.70. The quantitative estimate of drug-likeness (QED) is 0.786. The summed E-state index contributed by atoms with van der Waals surface area (Å²) in [6.07, 6.45) is 13.1. The fourth-order valence-electron chi connectivity index (χ4n) is 4.04. The molecule has 0 aromatic carbocycles. The summed E-state index contributed by atoms with van der Waals surface area (Å²) in [7, 11) is 2.25. The molecule has 0 saturated heterocycles. The maximum Gasteiger partial charge on any atom is 0.0107 e. The molecule has 2 fully saturated rings. The van der Waals surface area contributed by atoms with E-state index in [-0.39, 0.29) is 0 Å². The maximum atomic E-state index is 3.80. The summed E-state index contributed by atoms with van der Waals surface area (Å²) < 4.78 is 0. The van der Waals surface area contributed by atoms with E-state index in [9.17, 15) is 0 Å². The van der Waals surface area contributed by atoms with Gasteiger partial charge >= 0.3 is 0 Å².